The van der Waals surface area contributed by atoms with Crippen LogP contribution in [0.2, 0.25) is 5.02 Å². The van der Waals surface area contributed by atoms with Crippen LogP contribution >= 0.6 is 11.6 Å². The second-order valence-corrected chi connectivity index (χ2v) is 7.83. The molecule has 0 saturated carbocycles. The van der Waals surface area contributed by atoms with Gasteiger partial charge in [-0.25, -0.2) is 4.98 Å². The monoisotopic (exact) mass is 350 g/mol. The quantitative estimate of drug-likeness (QED) is 0.445. The molecule has 0 saturated heterocycles. The van der Waals surface area contributed by atoms with Crippen molar-refractivity contribution in [3.05, 3.63) is 52.7 Å². The van der Waals surface area contributed by atoms with E-state index < -0.39 is 0 Å². The van der Waals surface area contributed by atoms with E-state index in [1.54, 1.807) is 0 Å². The third kappa shape index (κ3) is 2.75. The van der Waals surface area contributed by atoms with Gasteiger partial charge in [0.2, 0.25) is 0 Å². The van der Waals surface area contributed by atoms with Crippen LogP contribution in [-0.2, 0) is 13.5 Å². The topological polar surface area (TPSA) is 35.6 Å². The average Bonchev–Trinajstić information content (AvgIpc) is 3.05. The van der Waals surface area contributed by atoms with Crippen LogP contribution < -0.4 is 0 Å². The highest BCUT2D eigenvalue weighted by Gasteiger charge is 2.24. The Morgan fingerprint density at radius 3 is 2.80 bits per heavy atom. The smallest absolute Gasteiger partial charge is 0.135 e. The first kappa shape index (κ1) is 16.0. The first-order valence-corrected chi connectivity index (χ1v) is 8.62. The zero-order valence-electron chi connectivity index (χ0n) is 14.8. The highest BCUT2D eigenvalue weighted by atomic mass is 35.5. The highest BCUT2D eigenvalue weighted by Crippen LogP contribution is 2.37. The number of rotatable bonds is 0. The van der Waals surface area contributed by atoms with E-state index in [0.29, 0.717) is 5.02 Å². The molecular weight excluding hydrogens is 332 g/mol. The number of halogens is 1. The van der Waals surface area contributed by atoms with Crippen molar-refractivity contribution in [3.8, 4) is 28.8 Å². The Hall–Kier alpha value is -2.51. The minimum atomic E-state index is -0.0634. The zero-order valence-corrected chi connectivity index (χ0v) is 15.5. The van der Waals surface area contributed by atoms with Gasteiger partial charge in [-0.1, -0.05) is 17.5 Å². The summed E-state index contributed by atoms with van der Waals surface area (Å²) < 4.78 is 4.03. The minimum absolute atomic E-state index is 0.0634. The summed E-state index contributed by atoms with van der Waals surface area (Å²) in [5.41, 5.74) is 6.22. The molecule has 25 heavy (non-hydrogen) atoms. The van der Waals surface area contributed by atoms with Crippen LogP contribution in [0.3, 0.4) is 0 Å². The van der Waals surface area contributed by atoms with Gasteiger partial charge in [0, 0.05) is 35.0 Å². The van der Waals surface area contributed by atoms with Crippen molar-refractivity contribution < 1.29 is 0 Å². The first-order chi connectivity index (χ1) is 11.8. The van der Waals surface area contributed by atoms with Crippen LogP contribution in [0, 0.1) is 17.3 Å². The van der Waals surface area contributed by atoms with Crippen LogP contribution in [0.4, 0.5) is 0 Å². The molecule has 0 atom stereocenters. The van der Waals surface area contributed by atoms with Gasteiger partial charge in [-0.3, -0.25) is 4.68 Å². The fourth-order valence-corrected chi connectivity index (χ4v) is 3.32. The fraction of sp³-hybridized carbons (Fsp3) is 0.300. The summed E-state index contributed by atoms with van der Waals surface area (Å²) in [5.74, 6) is 6.55. The van der Waals surface area contributed by atoms with Crippen LogP contribution in [-0.4, -0.2) is 19.3 Å². The molecule has 0 N–H and O–H groups in total. The summed E-state index contributed by atoms with van der Waals surface area (Å²) in [7, 11) is 1.96. The summed E-state index contributed by atoms with van der Waals surface area (Å²) >= 11 is 6.27. The Morgan fingerprint density at radius 2 is 2.04 bits per heavy atom. The molecular formula is C20H19ClN4. The molecule has 0 spiro atoms. The third-order valence-electron chi connectivity index (χ3n) is 4.27. The van der Waals surface area contributed by atoms with Crippen molar-refractivity contribution in [1.82, 2.24) is 19.3 Å². The lowest BCUT2D eigenvalue weighted by Crippen LogP contribution is -2.02. The van der Waals surface area contributed by atoms with E-state index in [1.807, 2.05) is 42.5 Å². The number of fused-ring (bicyclic) bond motifs is 5. The van der Waals surface area contributed by atoms with Gasteiger partial charge >= 0.3 is 0 Å². The van der Waals surface area contributed by atoms with Crippen molar-refractivity contribution in [2.24, 2.45) is 12.5 Å². The second-order valence-electron chi connectivity index (χ2n) is 7.39. The van der Waals surface area contributed by atoms with E-state index in [0.717, 1.165) is 40.3 Å². The summed E-state index contributed by atoms with van der Waals surface area (Å²) in [4.78, 5) is 4.57. The maximum atomic E-state index is 6.27. The third-order valence-corrected chi connectivity index (χ3v) is 4.50. The van der Waals surface area contributed by atoms with E-state index in [4.69, 9.17) is 11.6 Å². The van der Waals surface area contributed by atoms with Gasteiger partial charge in [-0.2, -0.15) is 5.10 Å². The maximum Gasteiger partial charge on any atom is 0.135 e. The molecule has 4 nitrogen and oxygen atoms in total. The molecule has 0 aliphatic carbocycles. The highest BCUT2D eigenvalue weighted by molar-refractivity contribution is 6.31. The van der Waals surface area contributed by atoms with E-state index >= 15 is 0 Å². The Morgan fingerprint density at radius 1 is 1.24 bits per heavy atom. The van der Waals surface area contributed by atoms with Gasteiger partial charge in [-0.05, 0) is 44.9 Å². The minimum Gasteiger partial charge on any atom is -0.301 e. The molecule has 3 aromatic rings. The molecule has 0 bridgehead atoms. The molecule has 1 aromatic carbocycles. The number of imidazole rings is 1. The van der Waals surface area contributed by atoms with Gasteiger partial charge in [-0.15, -0.1) is 0 Å². The van der Waals surface area contributed by atoms with E-state index in [-0.39, 0.29) is 5.41 Å². The van der Waals surface area contributed by atoms with E-state index in [2.05, 4.69) is 47.3 Å². The number of nitrogens with zero attached hydrogens (tertiary/aromatic N) is 4. The van der Waals surface area contributed by atoms with Crippen LogP contribution in [0.15, 0.2) is 30.7 Å². The molecule has 5 heteroatoms. The van der Waals surface area contributed by atoms with Crippen molar-refractivity contribution >= 4 is 11.6 Å². The number of aromatic nitrogens is 4. The summed E-state index contributed by atoms with van der Waals surface area (Å²) in [6.45, 7) is 6.31. The molecule has 1 aliphatic rings. The average molecular weight is 351 g/mol. The largest absolute Gasteiger partial charge is 0.301 e. The predicted molar refractivity (Wildman–Crippen MR) is 99.9 cm³/mol. The molecule has 1 aliphatic heterocycles. The van der Waals surface area contributed by atoms with Gasteiger partial charge in [0.25, 0.3) is 0 Å². The van der Waals surface area contributed by atoms with Crippen LogP contribution in [0.25, 0.3) is 16.9 Å². The summed E-state index contributed by atoms with van der Waals surface area (Å²) in [6, 6.07) is 5.94. The SMILES string of the molecule is Cn1ncc2c1-c1cc(Cl)ccc1-n1cnc(C#CC(C)(C)C)c1C2. The molecule has 0 amide bonds. The van der Waals surface area contributed by atoms with Crippen molar-refractivity contribution in [2.45, 2.75) is 27.2 Å². The lowest BCUT2D eigenvalue weighted by molar-refractivity contribution is 0.571. The van der Waals surface area contributed by atoms with Gasteiger partial charge in [0.15, 0.2) is 0 Å². The van der Waals surface area contributed by atoms with Gasteiger partial charge < -0.3 is 4.57 Å². The van der Waals surface area contributed by atoms with Crippen molar-refractivity contribution in [1.29, 1.82) is 0 Å². The van der Waals surface area contributed by atoms with Crippen molar-refractivity contribution in [2.75, 3.05) is 0 Å². The molecule has 4 rings (SSSR count). The maximum absolute atomic E-state index is 6.27. The molecule has 0 fully saturated rings. The molecule has 3 heterocycles. The first-order valence-electron chi connectivity index (χ1n) is 8.24. The molecule has 0 unspecified atom stereocenters. The second kappa shape index (κ2) is 5.50. The normalized spacial score (nSPS) is 12.5. The van der Waals surface area contributed by atoms with Crippen LogP contribution in [0.5, 0.6) is 0 Å². The Labute approximate surface area is 152 Å². The predicted octanol–water partition coefficient (Wildman–Crippen LogP) is 4.23. The standard InChI is InChI=1S/C20H19ClN4/c1-20(2,3)8-7-16-18-9-13-11-23-24(4)19(13)15-10-14(21)5-6-17(15)25(18)12-22-16/h5-6,10-12H,9H2,1-4H3. The molecule has 0 radical (unpaired) electrons. The number of hydrogen-bond donors (Lipinski definition) is 0. The molecule has 2 aromatic heterocycles. The lowest BCUT2D eigenvalue weighted by atomic mass is 9.97. The van der Waals surface area contributed by atoms with Gasteiger partial charge in [0.1, 0.15) is 12.0 Å². The fourth-order valence-electron chi connectivity index (χ4n) is 3.15. The van der Waals surface area contributed by atoms with Crippen LogP contribution in [0.1, 0.15) is 37.7 Å². The number of aryl methyl sites for hydroxylation is 1. The number of benzene rings is 1. The van der Waals surface area contributed by atoms with E-state index in [9.17, 15) is 0 Å². The summed E-state index contributed by atoms with van der Waals surface area (Å²) in [6.07, 6.45) is 4.52. The van der Waals surface area contributed by atoms with Gasteiger partial charge in [0.05, 0.1) is 23.3 Å². The van der Waals surface area contributed by atoms with Crippen molar-refractivity contribution in [3.63, 3.8) is 0 Å². The lowest BCUT2D eigenvalue weighted by Gasteiger charge is -2.11. The Balaban J connectivity index is 1.98. The number of hydrogen-bond acceptors (Lipinski definition) is 2. The zero-order chi connectivity index (χ0) is 17.8. The Bertz CT molecular complexity index is 1040. The van der Waals surface area contributed by atoms with E-state index in [1.165, 1.54) is 0 Å². The summed E-state index contributed by atoms with van der Waals surface area (Å²) in [5, 5.41) is 5.16. The molecule has 126 valence electrons. The Kier molecular flexibility index (Phi) is 3.52.